The first kappa shape index (κ1) is 13.6. The van der Waals surface area contributed by atoms with Gasteiger partial charge in [0.1, 0.15) is 0 Å². The Morgan fingerprint density at radius 3 is 2.78 bits per heavy atom. The van der Waals surface area contributed by atoms with Gasteiger partial charge in [0.05, 0.1) is 23.8 Å². The number of hydrogen-bond acceptors (Lipinski definition) is 2. The van der Waals surface area contributed by atoms with Crippen LogP contribution in [0.25, 0.3) is 0 Å². The molecule has 0 spiro atoms. The summed E-state index contributed by atoms with van der Waals surface area (Å²) in [5, 5.41) is 2.94. The van der Waals surface area contributed by atoms with Crippen LogP contribution in [0.4, 0.5) is 13.2 Å². The quantitative estimate of drug-likeness (QED) is 0.899. The fraction of sp³-hybridized carbons (Fsp3) is 0.500. The number of morpholine rings is 1. The third-order valence-electron chi connectivity index (χ3n) is 2.82. The first-order valence-corrected chi connectivity index (χ1v) is 6.01. The van der Waals surface area contributed by atoms with E-state index in [-0.39, 0.29) is 11.1 Å². The predicted molar refractivity (Wildman–Crippen MR) is 62.8 cm³/mol. The van der Waals surface area contributed by atoms with Gasteiger partial charge in [-0.2, -0.15) is 13.2 Å². The molecule has 1 atom stereocenters. The smallest absolute Gasteiger partial charge is 0.379 e. The minimum Gasteiger partial charge on any atom is -0.379 e. The molecule has 2 nitrogen and oxygen atoms in total. The van der Waals surface area contributed by atoms with E-state index in [1.165, 1.54) is 6.07 Å². The third-order valence-corrected chi connectivity index (χ3v) is 3.15. The molecule has 1 aliphatic heterocycles. The highest BCUT2D eigenvalue weighted by atomic mass is 35.5. The fourth-order valence-corrected chi connectivity index (χ4v) is 2.18. The molecule has 0 bridgehead atoms. The van der Waals surface area contributed by atoms with Gasteiger partial charge in [-0.15, -0.1) is 0 Å². The van der Waals surface area contributed by atoms with Gasteiger partial charge in [-0.05, 0) is 24.1 Å². The topological polar surface area (TPSA) is 21.3 Å². The van der Waals surface area contributed by atoms with E-state index in [0.29, 0.717) is 25.2 Å². The van der Waals surface area contributed by atoms with Gasteiger partial charge in [0.25, 0.3) is 0 Å². The Bertz CT molecular complexity index is 416. The van der Waals surface area contributed by atoms with Crippen molar-refractivity contribution in [3.63, 3.8) is 0 Å². The van der Waals surface area contributed by atoms with E-state index in [1.54, 1.807) is 6.07 Å². The maximum atomic E-state index is 12.7. The van der Waals surface area contributed by atoms with Crippen molar-refractivity contribution in [2.45, 2.75) is 18.6 Å². The minimum atomic E-state index is -4.41. The Labute approximate surface area is 108 Å². The summed E-state index contributed by atoms with van der Waals surface area (Å²) in [6, 6.07) is 4.08. The maximum Gasteiger partial charge on any atom is 0.417 e. The third kappa shape index (κ3) is 3.37. The molecule has 1 saturated heterocycles. The van der Waals surface area contributed by atoms with Gasteiger partial charge in [-0.3, -0.25) is 0 Å². The molecule has 1 aromatic carbocycles. The lowest BCUT2D eigenvalue weighted by Gasteiger charge is -2.24. The van der Waals surface area contributed by atoms with E-state index < -0.39 is 11.7 Å². The largest absolute Gasteiger partial charge is 0.417 e. The normalized spacial score (nSPS) is 21.0. The van der Waals surface area contributed by atoms with Crippen molar-refractivity contribution >= 4 is 11.6 Å². The average Bonchev–Trinajstić information content (AvgIpc) is 2.31. The van der Waals surface area contributed by atoms with Crippen LogP contribution in [0.2, 0.25) is 5.02 Å². The lowest BCUT2D eigenvalue weighted by molar-refractivity contribution is -0.137. The van der Waals surface area contributed by atoms with Crippen LogP contribution in [-0.4, -0.2) is 25.8 Å². The van der Waals surface area contributed by atoms with E-state index in [4.69, 9.17) is 16.3 Å². The highest BCUT2D eigenvalue weighted by Crippen LogP contribution is 2.35. The maximum absolute atomic E-state index is 12.7. The fourth-order valence-electron chi connectivity index (χ4n) is 1.95. The number of rotatable bonds is 2. The molecule has 100 valence electrons. The lowest BCUT2D eigenvalue weighted by Crippen LogP contribution is -2.42. The predicted octanol–water partition coefficient (Wildman–Crippen LogP) is 2.89. The van der Waals surface area contributed by atoms with Crippen LogP contribution in [0.15, 0.2) is 18.2 Å². The molecular formula is C12H13ClF3NO. The zero-order chi connectivity index (χ0) is 13.2. The lowest BCUT2D eigenvalue weighted by atomic mass is 10.0. The molecule has 1 aromatic rings. The van der Waals surface area contributed by atoms with Crippen LogP contribution >= 0.6 is 11.6 Å². The molecule has 1 aliphatic rings. The SMILES string of the molecule is FC(F)(F)c1cc(CC2COCCN2)ccc1Cl. The molecule has 1 fully saturated rings. The van der Waals surface area contributed by atoms with Crippen LogP contribution in [-0.2, 0) is 17.3 Å². The molecule has 2 rings (SSSR count). The van der Waals surface area contributed by atoms with Crippen molar-refractivity contribution < 1.29 is 17.9 Å². The van der Waals surface area contributed by atoms with Crippen molar-refractivity contribution in [2.75, 3.05) is 19.8 Å². The Morgan fingerprint density at radius 2 is 2.17 bits per heavy atom. The standard InChI is InChI=1S/C12H13ClF3NO/c13-11-2-1-8(6-10(11)12(14,15)16)5-9-7-18-4-3-17-9/h1-2,6,9,17H,3-5,7H2. The molecular weight excluding hydrogens is 267 g/mol. The van der Waals surface area contributed by atoms with Crippen LogP contribution in [0.5, 0.6) is 0 Å². The Morgan fingerprint density at radius 1 is 1.39 bits per heavy atom. The molecule has 18 heavy (non-hydrogen) atoms. The van der Waals surface area contributed by atoms with Crippen LogP contribution in [0.1, 0.15) is 11.1 Å². The summed E-state index contributed by atoms with van der Waals surface area (Å²) < 4.78 is 43.3. The second-order valence-corrected chi connectivity index (χ2v) is 4.65. The number of benzene rings is 1. The van der Waals surface area contributed by atoms with Gasteiger partial charge in [0.15, 0.2) is 0 Å². The molecule has 0 aliphatic carbocycles. The summed E-state index contributed by atoms with van der Waals surface area (Å²) in [6.45, 7) is 1.89. The van der Waals surface area contributed by atoms with Gasteiger partial charge < -0.3 is 10.1 Å². The summed E-state index contributed by atoms with van der Waals surface area (Å²) in [7, 11) is 0. The first-order chi connectivity index (χ1) is 8.47. The van der Waals surface area contributed by atoms with E-state index >= 15 is 0 Å². The van der Waals surface area contributed by atoms with E-state index in [1.807, 2.05) is 0 Å². The Balaban J connectivity index is 2.14. The molecule has 0 radical (unpaired) electrons. The number of alkyl halides is 3. The number of ether oxygens (including phenoxy) is 1. The van der Waals surface area contributed by atoms with Gasteiger partial charge in [-0.1, -0.05) is 17.7 Å². The van der Waals surface area contributed by atoms with Crippen LogP contribution < -0.4 is 5.32 Å². The second-order valence-electron chi connectivity index (χ2n) is 4.24. The minimum absolute atomic E-state index is 0.0565. The van der Waals surface area contributed by atoms with E-state index in [2.05, 4.69) is 5.32 Å². The van der Waals surface area contributed by atoms with Crippen molar-refractivity contribution in [1.29, 1.82) is 0 Å². The van der Waals surface area contributed by atoms with Gasteiger partial charge >= 0.3 is 6.18 Å². The highest BCUT2D eigenvalue weighted by molar-refractivity contribution is 6.31. The monoisotopic (exact) mass is 279 g/mol. The van der Waals surface area contributed by atoms with E-state index in [0.717, 1.165) is 12.6 Å². The van der Waals surface area contributed by atoms with Crippen molar-refractivity contribution in [3.05, 3.63) is 34.3 Å². The van der Waals surface area contributed by atoms with Crippen LogP contribution in [0.3, 0.4) is 0 Å². The van der Waals surface area contributed by atoms with E-state index in [9.17, 15) is 13.2 Å². The summed E-state index contributed by atoms with van der Waals surface area (Å²) in [4.78, 5) is 0. The second kappa shape index (κ2) is 5.47. The molecule has 0 aromatic heterocycles. The van der Waals surface area contributed by atoms with Crippen molar-refractivity contribution in [1.82, 2.24) is 5.32 Å². The number of nitrogens with one attached hydrogen (secondary N) is 1. The van der Waals surface area contributed by atoms with Crippen LogP contribution in [0, 0.1) is 0 Å². The summed E-state index contributed by atoms with van der Waals surface area (Å²) in [5.74, 6) is 0. The number of hydrogen-bond donors (Lipinski definition) is 1. The molecule has 0 saturated carbocycles. The van der Waals surface area contributed by atoms with Gasteiger partial charge in [-0.25, -0.2) is 0 Å². The zero-order valence-corrected chi connectivity index (χ0v) is 10.3. The van der Waals surface area contributed by atoms with Gasteiger partial charge in [0.2, 0.25) is 0 Å². The summed E-state index contributed by atoms with van der Waals surface area (Å²) >= 11 is 5.56. The van der Waals surface area contributed by atoms with Crippen molar-refractivity contribution in [3.8, 4) is 0 Å². The summed E-state index contributed by atoms with van der Waals surface area (Å²) in [5.41, 5.74) is -0.173. The zero-order valence-electron chi connectivity index (χ0n) is 9.56. The molecule has 6 heteroatoms. The molecule has 1 unspecified atom stereocenters. The molecule has 1 heterocycles. The average molecular weight is 280 g/mol. The Kier molecular flexibility index (Phi) is 4.14. The molecule has 1 N–H and O–H groups in total. The highest BCUT2D eigenvalue weighted by Gasteiger charge is 2.33. The van der Waals surface area contributed by atoms with Crippen molar-refractivity contribution in [2.24, 2.45) is 0 Å². The number of halogens is 4. The summed E-state index contributed by atoms with van der Waals surface area (Å²) in [6.07, 6.45) is -3.91. The Hall–Kier alpha value is -0.780. The molecule has 0 amide bonds. The van der Waals surface area contributed by atoms with Gasteiger partial charge in [0, 0.05) is 12.6 Å². The first-order valence-electron chi connectivity index (χ1n) is 5.63.